The number of pyridine rings is 1. The minimum absolute atomic E-state index is 0.364. The van der Waals surface area contributed by atoms with Gasteiger partial charge in [0.05, 0.1) is 11.0 Å². The average molecular weight is 342 g/mol. The molecule has 2 aromatic heterocycles. The second kappa shape index (κ2) is 6.34. The first kappa shape index (κ1) is 15.3. The number of ether oxygens (including phenoxy) is 1. The second-order valence-electron chi connectivity index (χ2n) is 5.86. The maximum Gasteiger partial charge on any atom is 0.249 e. The van der Waals surface area contributed by atoms with E-state index in [0.717, 1.165) is 24.0 Å². The Morgan fingerprint density at radius 3 is 2.67 bits per heavy atom. The minimum Gasteiger partial charge on any atom is -0.420 e. The lowest BCUT2D eigenvalue weighted by Gasteiger charge is -2.34. The molecule has 0 N–H and O–H groups in total. The Labute approximate surface area is 144 Å². The molecule has 1 aliphatic heterocycles. The number of hydrogen-bond acceptors (Lipinski definition) is 5. The molecule has 3 aromatic rings. The van der Waals surface area contributed by atoms with Gasteiger partial charge in [0.1, 0.15) is 0 Å². The van der Waals surface area contributed by atoms with E-state index in [0.29, 0.717) is 30.0 Å². The van der Waals surface area contributed by atoms with Gasteiger partial charge < -0.3 is 9.15 Å². The third-order valence-corrected chi connectivity index (χ3v) is 4.70. The Bertz CT molecular complexity index is 829. The van der Waals surface area contributed by atoms with Crippen LogP contribution in [0.25, 0.3) is 11.5 Å². The van der Waals surface area contributed by atoms with Crippen molar-refractivity contribution in [1.29, 1.82) is 0 Å². The molecule has 0 spiro atoms. The summed E-state index contributed by atoms with van der Waals surface area (Å²) in [7, 11) is 0. The minimum atomic E-state index is -0.364. The average Bonchev–Trinajstić information content (AvgIpc) is 3.14. The number of nitrogens with zero attached hydrogens (tertiary/aromatic N) is 3. The highest BCUT2D eigenvalue weighted by Crippen LogP contribution is 2.41. The number of aromatic nitrogens is 3. The normalized spacial score (nSPS) is 16.9. The summed E-state index contributed by atoms with van der Waals surface area (Å²) in [4.78, 5) is 4.10. The summed E-state index contributed by atoms with van der Waals surface area (Å²) in [5.41, 5.74) is 1.53. The van der Waals surface area contributed by atoms with Crippen LogP contribution in [-0.4, -0.2) is 28.4 Å². The molecule has 3 heterocycles. The fourth-order valence-corrected chi connectivity index (χ4v) is 3.34. The lowest BCUT2D eigenvalue weighted by atomic mass is 9.74. The highest BCUT2D eigenvalue weighted by molar-refractivity contribution is 6.30. The topological polar surface area (TPSA) is 61.0 Å². The molecule has 24 heavy (non-hydrogen) atoms. The monoisotopic (exact) mass is 341 g/mol. The summed E-state index contributed by atoms with van der Waals surface area (Å²) in [6.07, 6.45) is 4.99. The molecule has 1 saturated heterocycles. The van der Waals surface area contributed by atoms with Crippen molar-refractivity contribution in [2.24, 2.45) is 0 Å². The van der Waals surface area contributed by atoms with Gasteiger partial charge in [0.2, 0.25) is 11.8 Å². The van der Waals surface area contributed by atoms with Crippen LogP contribution in [0.2, 0.25) is 5.02 Å². The molecule has 122 valence electrons. The van der Waals surface area contributed by atoms with Gasteiger partial charge in [0, 0.05) is 30.6 Å². The molecular formula is C18H16ClN3O2. The quantitative estimate of drug-likeness (QED) is 0.723. The summed E-state index contributed by atoms with van der Waals surface area (Å²) in [6, 6.07) is 11.6. The third kappa shape index (κ3) is 2.70. The molecular weight excluding hydrogens is 326 g/mol. The molecule has 0 amide bonds. The van der Waals surface area contributed by atoms with Crippen LogP contribution < -0.4 is 0 Å². The number of hydrogen-bond donors (Lipinski definition) is 0. The van der Waals surface area contributed by atoms with Gasteiger partial charge in [0.25, 0.3) is 0 Å². The molecule has 5 nitrogen and oxygen atoms in total. The largest absolute Gasteiger partial charge is 0.420 e. The summed E-state index contributed by atoms with van der Waals surface area (Å²) in [6.45, 7) is 1.30. The zero-order valence-corrected chi connectivity index (χ0v) is 13.7. The Morgan fingerprint density at radius 2 is 1.92 bits per heavy atom. The van der Waals surface area contributed by atoms with Crippen molar-refractivity contribution in [2.75, 3.05) is 13.2 Å². The van der Waals surface area contributed by atoms with Gasteiger partial charge in [-0.2, -0.15) is 0 Å². The van der Waals surface area contributed by atoms with Gasteiger partial charge in [0.15, 0.2) is 0 Å². The Hall–Kier alpha value is -2.24. The van der Waals surface area contributed by atoms with E-state index in [-0.39, 0.29) is 5.41 Å². The van der Waals surface area contributed by atoms with Crippen molar-refractivity contribution in [3.63, 3.8) is 0 Å². The van der Waals surface area contributed by atoms with Crippen LogP contribution in [0.3, 0.4) is 0 Å². The van der Waals surface area contributed by atoms with Gasteiger partial charge in [-0.25, -0.2) is 0 Å². The zero-order chi connectivity index (χ0) is 16.4. The molecule has 0 saturated carbocycles. The summed E-state index contributed by atoms with van der Waals surface area (Å²) < 4.78 is 11.6. The standard InChI is InChI=1S/C18H16ClN3O2/c19-15-5-1-4-14(11-15)18(6-9-23-10-7-18)17-22-21-16(24-17)13-3-2-8-20-12-13/h1-5,8,11-12H,6-7,9-10H2. The van der Waals surface area contributed by atoms with Crippen molar-refractivity contribution >= 4 is 11.6 Å². The molecule has 0 atom stereocenters. The molecule has 0 unspecified atom stereocenters. The lowest BCUT2D eigenvalue weighted by molar-refractivity contribution is 0.0546. The van der Waals surface area contributed by atoms with E-state index in [1.807, 2.05) is 30.3 Å². The van der Waals surface area contributed by atoms with E-state index >= 15 is 0 Å². The smallest absolute Gasteiger partial charge is 0.249 e. The van der Waals surface area contributed by atoms with E-state index in [1.54, 1.807) is 12.4 Å². The van der Waals surface area contributed by atoms with Crippen molar-refractivity contribution in [1.82, 2.24) is 15.2 Å². The Balaban J connectivity index is 1.79. The van der Waals surface area contributed by atoms with E-state index in [4.69, 9.17) is 20.8 Å². The van der Waals surface area contributed by atoms with Crippen LogP contribution in [-0.2, 0) is 10.2 Å². The SMILES string of the molecule is Clc1cccc(C2(c3nnc(-c4cccnc4)o3)CCOCC2)c1. The number of rotatable bonds is 3. The van der Waals surface area contributed by atoms with E-state index < -0.39 is 0 Å². The van der Waals surface area contributed by atoms with Crippen LogP contribution in [0, 0.1) is 0 Å². The fourth-order valence-electron chi connectivity index (χ4n) is 3.15. The molecule has 1 aromatic carbocycles. The predicted molar refractivity (Wildman–Crippen MR) is 89.8 cm³/mol. The van der Waals surface area contributed by atoms with Crippen LogP contribution in [0.5, 0.6) is 0 Å². The lowest BCUT2D eigenvalue weighted by Crippen LogP contribution is -2.35. The first-order chi connectivity index (χ1) is 11.8. The van der Waals surface area contributed by atoms with E-state index in [9.17, 15) is 0 Å². The Morgan fingerprint density at radius 1 is 1.04 bits per heavy atom. The summed E-state index contributed by atoms with van der Waals surface area (Å²) in [5, 5.41) is 9.27. The van der Waals surface area contributed by atoms with E-state index in [2.05, 4.69) is 21.2 Å². The summed E-state index contributed by atoms with van der Waals surface area (Å²) in [5.74, 6) is 1.08. The van der Waals surface area contributed by atoms with E-state index in [1.165, 1.54) is 0 Å². The predicted octanol–water partition coefficient (Wildman–Crippen LogP) is 3.88. The van der Waals surface area contributed by atoms with Crippen molar-refractivity contribution < 1.29 is 9.15 Å². The van der Waals surface area contributed by atoms with Gasteiger partial charge in [-0.3, -0.25) is 4.98 Å². The first-order valence-corrected chi connectivity index (χ1v) is 8.24. The molecule has 0 radical (unpaired) electrons. The van der Waals surface area contributed by atoms with Gasteiger partial charge in [-0.15, -0.1) is 10.2 Å². The third-order valence-electron chi connectivity index (χ3n) is 4.47. The van der Waals surface area contributed by atoms with Crippen molar-refractivity contribution in [2.45, 2.75) is 18.3 Å². The van der Waals surface area contributed by atoms with Crippen LogP contribution in [0.15, 0.2) is 53.2 Å². The van der Waals surface area contributed by atoms with Crippen molar-refractivity contribution in [3.8, 4) is 11.5 Å². The molecule has 1 aliphatic rings. The fraction of sp³-hybridized carbons (Fsp3) is 0.278. The Kier molecular flexibility index (Phi) is 4.04. The molecule has 1 fully saturated rings. The summed E-state index contributed by atoms with van der Waals surface area (Å²) >= 11 is 6.21. The highest BCUT2D eigenvalue weighted by Gasteiger charge is 2.41. The van der Waals surface area contributed by atoms with Crippen LogP contribution in [0.4, 0.5) is 0 Å². The molecule has 4 rings (SSSR count). The molecule has 0 bridgehead atoms. The number of benzene rings is 1. The van der Waals surface area contributed by atoms with Crippen LogP contribution >= 0.6 is 11.6 Å². The number of halogens is 1. The zero-order valence-electron chi connectivity index (χ0n) is 13.0. The maximum absolute atomic E-state index is 6.21. The van der Waals surface area contributed by atoms with Gasteiger partial charge >= 0.3 is 0 Å². The van der Waals surface area contributed by atoms with Crippen LogP contribution in [0.1, 0.15) is 24.3 Å². The van der Waals surface area contributed by atoms with Gasteiger partial charge in [-0.1, -0.05) is 23.7 Å². The first-order valence-electron chi connectivity index (χ1n) is 7.86. The van der Waals surface area contributed by atoms with Gasteiger partial charge in [-0.05, 0) is 42.7 Å². The highest BCUT2D eigenvalue weighted by atomic mass is 35.5. The molecule has 0 aliphatic carbocycles. The molecule has 6 heteroatoms. The van der Waals surface area contributed by atoms with Crippen molar-refractivity contribution in [3.05, 3.63) is 65.3 Å². The maximum atomic E-state index is 6.21. The second-order valence-corrected chi connectivity index (χ2v) is 6.30.